The minimum absolute atomic E-state index is 0.0260. The van der Waals surface area contributed by atoms with Crippen LogP contribution in [0.2, 0.25) is 0 Å². The third kappa shape index (κ3) is 3.05. The lowest BCUT2D eigenvalue weighted by atomic mass is 10.1. The molecule has 0 saturated heterocycles. The predicted octanol–water partition coefficient (Wildman–Crippen LogP) is 1.96. The molecule has 2 N–H and O–H groups in total. The molecule has 0 aliphatic heterocycles. The molecule has 0 fully saturated rings. The number of aromatic amines is 1. The Hall–Kier alpha value is -1.93. The van der Waals surface area contributed by atoms with Crippen LogP contribution >= 0.6 is 0 Å². The molecule has 18 heavy (non-hydrogen) atoms. The number of alkyl halides is 5. The average Bonchev–Trinajstić information content (AvgIpc) is 2.13. The number of carboxylic acids is 1. The number of hydrogen-bond donors (Lipinski definition) is 2. The van der Waals surface area contributed by atoms with E-state index in [-0.39, 0.29) is 6.07 Å². The Morgan fingerprint density at radius 3 is 2.33 bits per heavy atom. The third-order valence-electron chi connectivity index (χ3n) is 2.03. The molecule has 0 radical (unpaired) electrons. The fraction of sp³-hybridized carbons (Fsp3) is 0.333. The molecule has 0 saturated carbocycles. The second-order valence-corrected chi connectivity index (χ2v) is 3.32. The van der Waals surface area contributed by atoms with Crippen molar-refractivity contribution in [2.24, 2.45) is 0 Å². The summed E-state index contributed by atoms with van der Waals surface area (Å²) < 4.78 is 61.9. The molecular weight excluding hydrogens is 265 g/mol. The number of halogens is 5. The summed E-state index contributed by atoms with van der Waals surface area (Å²) in [4.78, 5) is 22.9. The summed E-state index contributed by atoms with van der Waals surface area (Å²) in [6, 6.07) is -0.0260. The van der Waals surface area contributed by atoms with Gasteiger partial charge in [0.25, 0.3) is 12.0 Å². The molecule has 0 aromatic carbocycles. The Labute approximate surface area is 96.1 Å². The Morgan fingerprint density at radius 2 is 1.94 bits per heavy atom. The zero-order valence-electron chi connectivity index (χ0n) is 8.52. The fourth-order valence-electron chi connectivity index (χ4n) is 1.29. The van der Waals surface area contributed by atoms with Gasteiger partial charge in [-0.25, -0.2) is 8.78 Å². The Balaban J connectivity index is 3.44. The zero-order valence-corrected chi connectivity index (χ0v) is 8.52. The molecule has 0 spiro atoms. The molecule has 100 valence electrons. The van der Waals surface area contributed by atoms with Crippen molar-refractivity contribution in [3.05, 3.63) is 33.2 Å². The maximum Gasteiger partial charge on any atom is 0.421 e. The fourth-order valence-corrected chi connectivity index (χ4v) is 1.29. The molecule has 1 rings (SSSR count). The standard InChI is InChI=1S/C9H6F5NO3/c10-7(11)3-1-4(9(12,13)14)8(18)15-5(3)2-6(16)17/h1,7H,2H2,(H,15,18)(H,16,17). The summed E-state index contributed by atoms with van der Waals surface area (Å²) in [5.41, 5.74) is -5.32. The molecule has 0 bridgehead atoms. The second kappa shape index (κ2) is 4.75. The highest BCUT2D eigenvalue weighted by Gasteiger charge is 2.35. The van der Waals surface area contributed by atoms with E-state index in [1.54, 1.807) is 0 Å². The van der Waals surface area contributed by atoms with Gasteiger partial charge < -0.3 is 10.1 Å². The van der Waals surface area contributed by atoms with E-state index in [2.05, 4.69) is 0 Å². The SMILES string of the molecule is O=C(O)Cc1[nH]c(=O)c(C(F)(F)F)cc1C(F)F. The predicted molar refractivity (Wildman–Crippen MR) is 48.4 cm³/mol. The van der Waals surface area contributed by atoms with Gasteiger partial charge in [-0.3, -0.25) is 9.59 Å². The molecule has 0 atom stereocenters. The van der Waals surface area contributed by atoms with Crippen molar-refractivity contribution in [2.75, 3.05) is 0 Å². The Morgan fingerprint density at radius 1 is 1.39 bits per heavy atom. The van der Waals surface area contributed by atoms with Gasteiger partial charge in [0.2, 0.25) is 0 Å². The van der Waals surface area contributed by atoms with E-state index in [0.717, 1.165) is 0 Å². The monoisotopic (exact) mass is 271 g/mol. The summed E-state index contributed by atoms with van der Waals surface area (Å²) in [6.07, 6.45) is -9.40. The number of aliphatic carboxylic acids is 1. The minimum Gasteiger partial charge on any atom is -0.481 e. The molecule has 4 nitrogen and oxygen atoms in total. The average molecular weight is 271 g/mol. The molecule has 1 aromatic heterocycles. The van der Waals surface area contributed by atoms with Crippen LogP contribution in [-0.2, 0) is 17.4 Å². The highest BCUT2D eigenvalue weighted by molar-refractivity contribution is 5.70. The van der Waals surface area contributed by atoms with Gasteiger partial charge in [-0.2, -0.15) is 13.2 Å². The number of nitrogens with one attached hydrogen (secondary N) is 1. The summed E-state index contributed by atoms with van der Waals surface area (Å²) in [6.45, 7) is 0. The van der Waals surface area contributed by atoms with Crippen LogP contribution in [0.5, 0.6) is 0 Å². The number of H-pyrrole nitrogens is 1. The summed E-state index contributed by atoms with van der Waals surface area (Å²) in [5.74, 6) is -1.55. The number of rotatable bonds is 3. The summed E-state index contributed by atoms with van der Waals surface area (Å²) >= 11 is 0. The lowest BCUT2D eigenvalue weighted by Gasteiger charge is -2.11. The van der Waals surface area contributed by atoms with Crippen LogP contribution in [0.4, 0.5) is 22.0 Å². The number of hydrogen-bond acceptors (Lipinski definition) is 2. The number of carbonyl (C=O) groups is 1. The van der Waals surface area contributed by atoms with Crippen molar-refractivity contribution in [1.29, 1.82) is 0 Å². The Bertz CT molecular complexity index is 520. The van der Waals surface area contributed by atoms with E-state index >= 15 is 0 Å². The van der Waals surface area contributed by atoms with Crippen LogP contribution in [0.25, 0.3) is 0 Å². The lowest BCUT2D eigenvalue weighted by Crippen LogP contribution is -2.24. The van der Waals surface area contributed by atoms with Gasteiger partial charge in [-0.05, 0) is 6.07 Å². The van der Waals surface area contributed by atoms with E-state index < -0.39 is 47.4 Å². The van der Waals surface area contributed by atoms with Crippen molar-refractivity contribution >= 4 is 5.97 Å². The lowest BCUT2D eigenvalue weighted by molar-refractivity contribution is -0.138. The van der Waals surface area contributed by atoms with Crippen molar-refractivity contribution < 1.29 is 31.9 Å². The Kier molecular flexibility index (Phi) is 3.73. The highest BCUT2D eigenvalue weighted by Crippen LogP contribution is 2.30. The van der Waals surface area contributed by atoms with Crippen LogP contribution < -0.4 is 5.56 Å². The van der Waals surface area contributed by atoms with Crippen molar-refractivity contribution in [1.82, 2.24) is 4.98 Å². The van der Waals surface area contributed by atoms with Crippen LogP contribution in [-0.4, -0.2) is 16.1 Å². The van der Waals surface area contributed by atoms with Crippen LogP contribution in [0.15, 0.2) is 10.9 Å². The topological polar surface area (TPSA) is 70.2 Å². The molecule has 9 heteroatoms. The van der Waals surface area contributed by atoms with Crippen LogP contribution in [0.3, 0.4) is 0 Å². The van der Waals surface area contributed by atoms with Crippen molar-refractivity contribution in [2.45, 2.75) is 19.0 Å². The summed E-state index contributed by atoms with van der Waals surface area (Å²) in [7, 11) is 0. The highest BCUT2D eigenvalue weighted by atomic mass is 19.4. The number of aromatic nitrogens is 1. The first-order valence-electron chi connectivity index (χ1n) is 4.46. The van der Waals surface area contributed by atoms with Gasteiger partial charge in [-0.1, -0.05) is 0 Å². The first-order chi connectivity index (χ1) is 8.12. The quantitative estimate of drug-likeness (QED) is 0.825. The van der Waals surface area contributed by atoms with E-state index in [4.69, 9.17) is 5.11 Å². The first kappa shape index (κ1) is 14.1. The molecule has 1 heterocycles. The second-order valence-electron chi connectivity index (χ2n) is 3.32. The number of carboxylic acid groups (broad SMARTS) is 1. The van der Waals surface area contributed by atoms with Crippen LogP contribution in [0, 0.1) is 0 Å². The zero-order chi connectivity index (χ0) is 14.1. The van der Waals surface area contributed by atoms with Gasteiger partial charge in [0.05, 0.1) is 6.42 Å². The molecule has 1 aromatic rings. The first-order valence-corrected chi connectivity index (χ1v) is 4.46. The number of pyridine rings is 1. The van der Waals surface area contributed by atoms with Gasteiger partial charge in [0.1, 0.15) is 5.56 Å². The van der Waals surface area contributed by atoms with E-state index in [9.17, 15) is 31.5 Å². The summed E-state index contributed by atoms with van der Waals surface area (Å²) in [5, 5.41) is 8.40. The van der Waals surface area contributed by atoms with Crippen molar-refractivity contribution in [3.8, 4) is 0 Å². The van der Waals surface area contributed by atoms with Crippen LogP contribution in [0.1, 0.15) is 23.2 Å². The molecular formula is C9H6F5NO3. The van der Waals surface area contributed by atoms with E-state index in [1.165, 1.54) is 4.98 Å². The van der Waals surface area contributed by atoms with E-state index in [0.29, 0.717) is 0 Å². The molecule has 0 aliphatic rings. The normalized spacial score (nSPS) is 11.9. The van der Waals surface area contributed by atoms with Gasteiger partial charge in [0.15, 0.2) is 0 Å². The minimum atomic E-state index is -5.08. The molecule has 0 aliphatic carbocycles. The molecule has 0 unspecified atom stereocenters. The molecule has 0 amide bonds. The third-order valence-corrected chi connectivity index (χ3v) is 2.03. The van der Waals surface area contributed by atoms with Crippen molar-refractivity contribution in [3.63, 3.8) is 0 Å². The van der Waals surface area contributed by atoms with E-state index in [1.807, 2.05) is 0 Å². The maximum atomic E-state index is 12.5. The largest absolute Gasteiger partial charge is 0.481 e. The maximum absolute atomic E-state index is 12.5. The van der Waals surface area contributed by atoms with Gasteiger partial charge in [0, 0.05) is 11.3 Å². The van der Waals surface area contributed by atoms with Gasteiger partial charge >= 0.3 is 12.1 Å². The van der Waals surface area contributed by atoms with Gasteiger partial charge in [-0.15, -0.1) is 0 Å². The smallest absolute Gasteiger partial charge is 0.421 e.